The molecule has 19 heavy (non-hydrogen) atoms. The number of hydrogen-bond donors (Lipinski definition) is 1. The van der Waals surface area contributed by atoms with Crippen molar-refractivity contribution in [2.24, 2.45) is 0 Å². The molecule has 0 saturated carbocycles. The maximum Gasteiger partial charge on any atom is 0.161 e. The van der Waals surface area contributed by atoms with Crippen molar-refractivity contribution in [3.05, 3.63) is 47.7 Å². The molecule has 0 fully saturated rings. The number of imidazole rings is 1. The fourth-order valence-electron chi connectivity index (χ4n) is 1.98. The molecule has 2 N–H and O–H groups in total. The van der Waals surface area contributed by atoms with Crippen LogP contribution in [-0.4, -0.2) is 16.5 Å². The van der Waals surface area contributed by atoms with Crippen LogP contribution in [0.1, 0.15) is 0 Å². The van der Waals surface area contributed by atoms with Gasteiger partial charge in [-0.3, -0.25) is 4.40 Å². The van der Waals surface area contributed by atoms with Gasteiger partial charge in [0.1, 0.15) is 10.9 Å². The number of aromatic nitrogens is 2. The molecule has 2 heterocycles. The standard InChI is InChI=1S/C14H12ClN3O/c1-19-10-4-2-3-9(7-10)12-8-18-13(15)6-5-11(16)14(18)17-12/h2-8H,16H2,1H3. The molecule has 0 aliphatic rings. The molecule has 0 radical (unpaired) electrons. The van der Waals surface area contributed by atoms with Gasteiger partial charge in [-0.05, 0) is 24.3 Å². The first-order valence-corrected chi connectivity index (χ1v) is 6.14. The van der Waals surface area contributed by atoms with Gasteiger partial charge in [0.2, 0.25) is 0 Å². The van der Waals surface area contributed by atoms with Gasteiger partial charge >= 0.3 is 0 Å². The van der Waals surface area contributed by atoms with E-state index in [2.05, 4.69) is 4.98 Å². The lowest BCUT2D eigenvalue weighted by Crippen LogP contribution is -1.92. The van der Waals surface area contributed by atoms with Gasteiger partial charge in [0.05, 0.1) is 18.5 Å². The van der Waals surface area contributed by atoms with Crippen molar-refractivity contribution >= 4 is 22.9 Å². The van der Waals surface area contributed by atoms with Gasteiger partial charge in [-0.15, -0.1) is 0 Å². The molecule has 0 atom stereocenters. The number of benzene rings is 1. The fourth-order valence-corrected chi connectivity index (χ4v) is 2.17. The number of fused-ring (bicyclic) bond motifs is 1. The van der Waals surface area contributed by atoms with Gasteiger partial charge < -0.3 is 10.5 Å². The summed E-state index contributed by atoms with van der Waals surface area (Å²) in [5.41, 5.74) is 8.92. The Hall–Kier alpha value is -2.20. The van der Waals surface area contributed by atoms with Crippen LogP contribution in [0.5, 0.6) is 5.75 Å². The molecule has 4 nitrogen and oxygen atoms in total. The van der Waals surface area contributed by atoms with E-state index in [1.807, 2.05) is 30.5 Å². The molecule has 1 aromatic carbocycles. The highest BCUT2D eigenvalue weighted by Crippen LogP contribution is 2.27. The number of rotatable bonds is 2. The van der Waals surface area contributed by atoms with Gasteiger partial charge in [-0.1, -0.05) is 23.7 Å². The number of nitrogen functional groups attached to an aromatic ring is 1. The number of ether oxygens (including phenoxy) is 1. The minimum absolute atomic E-state index is 0.575. The van der Waals surface area contributed by atoms with Crippen LogP contribution in [0.3, 0.4) is 0 Å². The van der Waals surface area contributed by atoms with E-state index in [0.29, 0.717) is 16.5 Å². The Bertz CT molecular complexity index is 713. The number of nitrogens with zero attached hydrogens (tertiary/aromatic N) is 2. The Labute approximate surface area is 115 Å². The van der Waals surface area contributed by atoms with Gasteiger partial charge in [0, 0.05) is 11.8 Å². The summed E-state index contributed by atoms with van der Waals surface area (Å²) in [5.74, 6) is 0.786. The predicted molar refractivity (Wildman–Crippen MR) is 76.6 cm³/mol. The number of halogens is 1. The molecule has 96 valence electrons. The van der Waals surface area contributed by atoms with Crippen LogP contribution in [0.15, 0.2) is 42.6 Å². The molecule has 0 aliphatic heterocycles. The summed E-state index contributed by atoms with van der Waals surface area (Å²) in [4.78, 5) is 4.52. The Balaban J connectivity index is 2.20. The monoisotopic (exact) mass is 273 g/mol. The second kappa shape index (κ2) is 4.48. The van der Waals surface area contributed by atoms with E-state index in [1.54, 1.807) is 23.6 Å². The Morgan fingerprint density at radius 3 is 2.84 bits per heavy atom. The van der Waals surface area contributed by atoms with E-state index in [1.165, 1.54) is 0 Å². The molecule has 3 rings (SSSR count). The van der Waals surface area contributed by atoms with Crippen molar-refractivity contribution in [1.82, 2.24) is 9.38 Å². The topological polar surface area (TPSA) is 52.5 Å². The summed E-state index contributed by atoms with van der Waals surface area (Å²) < 4.78 is 6.98. The highest BCUT2D eigenvalue weighted by Gasteiger charge is 2.09. The maximum atomic E-state index is 6.13. The zero-order chi connectivity index (χ0) is 13.4. The lowest BCUT2D eigenvalue weighted by molar-refractivity contribution is 0.415. The van der Waals surface area contributed by atoms with Crippen molar-refractivity contribution in [2.75, 3.05) is 12.8 Å². The van der Waals surface area contributed by atoms with E-state index in [0.717, 1.165) is 17.0 Å². The predicted octanol–water partition coefficient (Wildman–Crippen LogP) is 3.25. The minimum Gasteiger partial charge on any atom is -0.497 e. The van der Waals surface area contributed by atoms with Gasteiger partial charge in [0.25, 0.3) is 0 Å². The van der Waals surface area contributed by atoms with Crippen LogP contribution < -0.4 is 10.5 Å². The maximum absolute atomic E-state index is 6.13. The molecule has 0 bridgehead atoms. The molecular formula is C14H12ClN3O. The van der Waals surface area contributed by atoms with Crippen LogP contribution in [0, 0.1) is 0 Å². The number of hydrogen-bond acceptors (Lipinski definition) is 3. The van der Waals surface area contributed by atoms with Crippen LogP contribution in [-0.2, 0) is 0 Å². The van der Waals surface area contributed by atoms with Gasteiger partial charge in [-0.25, -0.2) is 4.98 Å². The second-order valence-corrected chi connectivity index (χ2v) is 4.55. The average molecular weight is 274 g/mol. The third-order valence-electron chi connectivity index (χ3n) is 2.96. The molecule has 2 aromatic heterocycles. The van der Waals surface area contributed by atoms with E-state index in [-0.39, 0.29) is 0 Å². The van der Waals surface area contributed by atoms with Gasteiger partial charge in [-0.2, -0.15) is 0 Å². The molecule has 0 amide bonds. The minimum atomic E-state index is 0.575. The Morgan fingerprint density at radius 1 is 1.26 bits per heavy atom. The van der Waals surface area contributed by atoms with Crippen LogP contribution in [0.2, 0.25) is 5.15 Å². The third kappa shape index (κ3) is 2.00. The summed E-state index contributed by atoms with van der Waals surface area (Å²) in [6, 6.07) is 11.2. The highest BCUT2D eigenvalue weighted by atomic mass is 35.5. The normalized spacial score (nSPS) is 10.8. The van der Waals surface area contributed by atoms with Crippen molar-refractivity contribution in [2.45, 2.75) is 0 Å². The fraction of sp³-hybridized carbons (Fsp3) is 0.0714. The molecule has 0 spiro atoms. The zero-order valence-electron chi connectivity index (χ0n) is 10.3. The van der Waals surface area contributed by atoms with E-state index in [4.69, 9.17) is 22.1 Å². The van der Waals surface area contributed by atoms with Crippen molar-refractivity contribution in [3.63, 3.8) is 0 Å². The smallest absolute Gasteiger partial charge is 0.161 e. The summed E-state index contributed by atoms with van der Waals surface area (Å²) in [6.07, 6.45) is 1.86. The summed E-state index contributed by atoms with van der Waals surface area (Å²) >= 11 is 6.13. The number of nitrogens with two attached hydrogens (primary N) is 1. The lowest BCUT2D eigenvalue weighted by atomic mass is 10.1. The average Bonchev–Trinajstić information content (AvgIpc) is 2.89. The van der Waals surface area contributed by atoms with E-state index >= 15 is 0 Å². The first-order chi connectivity index (χ1) is 9.19. The molecule has 0 unspecified atom stereocenters. The Kier molecular flexibility index (Phi) is 2.80. The molecule has 5 heteroatoms. The largest absolute Gasteiger partial charge is 0.497 e. The Morgan fingerprint density at radius 2 is 2.11 bits per heavy atom. The van der Waals surface area contributed by atoms with Gasteiger partial charge in [0.15, 0.2) is 5.65 Å². The highest BCUT2D eigenvalue weighted by molar-refractivity contribution is 6.29. The zero-order valence-corrected chi connectivity index (χ0v) is 11.1. The number of methoxy groups -OCH3 is 1. The van der Waals surface area contributed by atoms with Crippen molar-refractivity contribution in [1.29, 1.82) is 0 Å². The van der Waals surface area contributed by atoms with E-state index < -0.39 is 0 Å². The third-order valence-corrected chi connectivity index (χ3v) is 3.27. The number of pyridine rings is 1. The summed E-state index contributed by atoms with van der Waals surface area (Å²) in [7, 11) is 1.64. The molecule has 3 aromatic rings. The van der Waals surface area contributed by atoms with Crippen molar-refractivity contribution in [3.8, 4) is 17.0 Å². The summed E-state index contributed by atoms with van der Waals surface area (Å²) in [6.45, 7) is 0. The van der Waals surface area contributed by atoms with Crippen LogP contribution in [0.4, 0.5) is 5.69 Å². The quantitative estimate of drug-likeness (QED) is 0.729. The first-order valence-electron chi connectivity index (χ1n) is 5.76. The number of anilines is 1. The molecule has 0 aliphatic carbocycles. The summed E-state index contributed by atoms with van der Waals surface area (Å²) in [5, 5.41) is 0.575. The van der Waals surface area contributed by atoms with Crippen LogP contribution >= 0.6 is 11.6 Å². The molecular weight excluding hydrogens is 262 g/mol. The second-order valence-electron chi connectivity index (χ2n) is 4.16. The lowest BCUT2D eigenvalue weighted by Gasteiger charge is -2.01. The molecule has 0 saturated heterocycles. The SMILES string of the molecule is COc1cccc(-c2cn3c(Cl)ccc(N)c3n2)c1. The first kappa shape index (κ1) is 11.9. The van der Waals surface area contributed by atoms with Crippen molar-refractivity contribution < 1.29 is 4.74 Å². The van der Waals surface area contributed by atoms with E-state index in [9.17, 15) is 0 Å². The van der Waals surface area contributed by atoms with Crippen LogP contribution in [0.25, 0.3) is 16.9 Å².